The Bertz CT molecular complexity index is 1300. The second kappa shape index (κ2) is 10.4. The molecule has 9 nitrogen and oxygen atoms in total. The van der Waals surface area contributed by atoms with Crippen molar-refractivity contribution >= 4 is 23.6 Å². The van der Waals surface area contributed by atoms with Crippen molar-refractivity contribution in [2.75, 3.05) is 26.2 Å². The first-order valence-corrected chi connectivity index (χ1v) is 13.9. The van der Waals surface area contributed by atoms with Gasteiger partial charge in [-0.2, -0.15) is 0 Å². The molecule has 39 heavy (non-hydrogen) atoms. The maximum atomic E-state index is 13.0. The maximum Gasteiger partial charge on any atom is 0.255 e. The van der Waals surface area contributed by atoms with Crippen molar-refractivity contribution in [3.63, 3.8) is 0 Å². The lowest BCUT2D eigenvalue weighted by Gasteiger charge is -2.38. The molecule has 0 radical (unpaired) electrons. The molecule has 0 spiro atoms. The topological polar surface area (TPSA) is 99.3 Å². The lowest BCUT2D eigenvalue weighted by atomic mass is 10.0. The summed E-state index contributed by atoms with van der Waals surface area (Å²) in [5.41, 5.74) is 3.57. The van der Waals surface area contributed by atoms with Gasteiger partial charge in [0.05, 0.1) is 6.54 Å². The molecule has 0 aromatic heterocycles. The number of ether oxygens (including phenoxy) is 1. The molecule has 2 atom stereocenters. The van der Waals surface area contributed by atoms with Crippen LogP contribution in [-0.4, -0.2) is 70.5 Å². The highest BCUT2D eigenvalue weighted by Gasteiger charge is 2.40. The smallest absolute Gasteiger partial charge is 0.255 e. The fourth-order valence-electron chi connectivity index (χ4n) is 5.87. The van der Waals surface area contributed by atoms with E-state index in [9.17, 15) is 19.2 Å². The monoisotopic (exact) mass is 530 g/mol. The number of hydrogen-bond acceptors (Lipinski definition) is 6. The van der Waals surface area contributed by atoms with Crippen LogP contribution in [0.2, 0.25) is 0 Å². The summed E-state index contributed by atoms with van der Waals surface area (Å²) in [6.07, 6.45) is 2.67. The number of piperidine rings is 1. The second-order valence-corrected chi connectivity index (χ2v) is 11.0. The van der Waals surface area contributed by atoms with Crippen LogP contribution in [0.25, 0.3) is 0 Å². The molecule has 3 aliphatic heterocycles. The molecule has 0 bridgehead atoms. The molecule has 3 heterocycles. The summed E-state index contributed by atoms with van der Waals surface area (Å²) in [5, 5.41) is 2.34. The quantitative estimate of drug-likeness (QED) is 0.553. The summed E-state index contributed by atoms with van der Waals surface area (Å²) in [7, 11) is 0. The third-order valence-electron chi connectivity index (χ3n) is 8.50. The Morgan fingerprint density at radius 3 is 2.44 bits per heavy atom. The van der Waals surface area contributed by atoms with Crippen molar-refractivity contribution in [1.29, 1.82) is 0 Å². The second-order valence-electron chi connectivity index (χ2n) is 11.0. The van der Waals surface area contributed by atoms with E-state index in [0.29, 0.717) is 30.2 Å². The van der Waals surface area contributed by atoms with Gasteiger partial charge in [0.15, 0.2) is 0 Å². The molecular formula is C30H34N4O5. The van der Waals surface area contributed by atoms with E-state index in [0.717, 1.165) is 50.1 Å². The Morgan fingerprint density at radius 1 is 1.00 bits per heavy atom. The zero-order chi connectivity index (χ0) is 27.1. The van der Waals surface area contributed by atoms with Crippen LogP contribution in [0, 0.1) is 5.92 Å². The van der Waals surface area contributed by atoms with Crippen LogP contribution in [0.4, 0.5) is 0 Å². The Morgan fingerprint density at radius 2 is 1.74 bits per heavy atom. The van der Waals surface area contributed by atoms with Crippen molar-refractivity contribution in [1.82, 2.24) is 20.0 Å². The van der Waals surface area contributed by atoms with Gasteiger partial charge in [0.2, 0.25) is 17.7 Å². The standard InChI is InChI=1S/C30H34N4O5/c1-19(32-13-15-33(16-14-32)29(37)22-9-10-22)21-7-5-20(6-8-21)18-39-26-4-2-3-23-24(26)17-34(30(23)38)25-11-12-27(35)31-28(25)36/h2-8,19,22,25H,9-18H2,1H3,(H,31,35,36)/t19?,25-/m0/s1. The van der Waals surface area contributed by atoms with E-state index in [2.05, 4.69) is 41.4 Å². The van der Waals surface area contributed by atoms with Gasteiger partial charge in [0, 0.05) is 55.7 Å². The SMILES string of the molecule is CC(c1ccc(COc2cccc3c2CN([C@H]2CCC(=O)NC2=O)C3=O)cc1)N1CCN(C(=O)C2CC2)CC1. The average molecular weight is 531 g/mol. The Balaban J connectivity index is 1.05. The van der Waals surface area contributed by atoms with Crippen LogP contribution in [0.5, 0.6) is 5.75 Å². The van der Waals surface area contributed by atoms with E-state index in [-0.39, 0.29) is 36.7 Å². The lowest BCUT2D eigenvalue weighted by Crippen LogP contribution is -2.52. The zero-order valence-electron chi connectivity index (χ0n) is 22.2. The normalized spacial score (nSPS) is 22.5. The van der Waals surface area contributed by atoms with Crippen LogP contribution in [0.3, 0.4) is 0 Å². The van der Waals surface area contributed by atoms with Crippen LogP contribution in [0.15, 0.2) is 42.5 Å². The first-order chi connectivity index (χ1) is 18.9. The molecular weight excluding hydrogens is 496 g/mol. The molecule has 6 rings (SSSR count). The van der Waals surface area contributed by atoms with Gasteiger partial charge in [-0.1, -0.05) is 30.3 Å². The highest BCUT2D eigenvalue weighted by molar-refractivity contribution is 6.05. The number of carbonyl (C=O) groups excluding carboxylic acids is 4. The summed E-state index contributed by atoms with van der Waals surface area (Å²) >= 11 is 0. The van der Waals surface area contributed by atoms with E-state index in [1.54, 1.807) is 12.1 Å². The molecule has 2 saturated heterocycles. The molecule has 1 unspecified atom stereocenters. The number of hydrogen-bond donors (Lipinski definition) is 1. The molecule has 2 aromatic carbocycles. The molecule has 1 saturated carbocycles. The van der Waals surface area contributed by atoms with E-state index < -0.39 is 11.9 Å². The Kier molecular flexibility index (Phi) is 6.85. The molecule has 2 aromatic rings. The molecule has 204 valence electrons. The average Bonchev–Trinajstić information content (AvgIpc) is 3.75. The van der Waals surface area contributed by atoms with Crippen LogP contribution in [-0.2, 0) is 27.5 Å². The minimum absolute atomic E-state index is 0.207. The van der Waals surface area contributed by atoms with Crippen molar-refractivity contribution < 1.29 is 23.9 Å². The first-order valence-electron chi connectivity index (χ1n) is 13.9. The number of nitrogens with zero attached hydrogens (tertiary/aromatic N) is 3. The number of rotatable bonds is 7. The molecule has 4 aliphatic rings. The van der Waals surface area contributed by atoms with Gasteiger partial charge >= 0.3 is 0 Å². The highest BCUT2D eigenvalue weighted by atomic mass is 16.5. The lowest BCUT2D eigenvalue weighted by molar-refractivity contribution is -0.137. The predicted molar refractivity (Wildman–Crippen MR) is 143 cm³/mol. The number of piperazine rings is 1. The maximum absolute atomic E-state index is 13.0. The van der Waals surface area contributed by atoms with E-state index in [1.165, 1.54) is 10.5 Å². The van der Waals surface area contributed by atoms with Crippen LogP contribution >= 0.6 is 0 Å². The fourth-order valence-corrected chi connectivity index (χ4v) is 5.87. The Labute approximate surface area is 228 Å². The van der Waals surface area contributed by atoms with E-state index in [1.807, 2.05) is 11.0 Å². The highest BCUT2D eigenvalue weighted by Crippen LogP contribution is 2.34. The summed E-state index contributed by atoms with van der Waals surface area (Å²) in [5.74, 6) is 0.326. The largest absolute Gasteiger partial charge is 0.489 e. The Hall–Kier alpha value is -3.72. The number of imide groups is 1. The number of benzene rings is 2. The molecule has 1 aliphatic carbocycles. The number of carbonyl (C=O) groups is 4. The summed E-state index contributed by atoms with van der Waals surface area (Å²) < 4.78 is 6.16. The van der Waals surface area contributed by atoms with E-state index >= 15 is 0 Å². The molecule has 3 fully saturated rings. The van der Waals surface area contributed by atoms with Gasteiger partial charge in [-0.15, -0.1) is 0 Å². The zero-order valence-corrected chi connectivity index (χ0v) is 22.2. The number of fused-ring (bicyclic) bond motifs is 1. The minimum atomic E-state index is -0.647. The molecule has 9 heteroatoms. The van der Waals surface area contributed by atoms with Gasteiger partial charge < -0.3 is 14.5 Å². The van der Waals surface area contributed by atoms with Crippen molar-refractivity contribution in [2.45, 2.75) is 57.8 Å². The summed E-state index contributed by atoms with van der Waals surface area (Å²) in [4.78, 5) is 55.3. The van der Waals surface area contributed by atoms with Crippen LogP contribution in [0.1, 0.15) is 65.7 Å². The van der Waals surface area contributed by atoms with Gasteiger partial charge in [0.1, 0.15) is 18.4 Å². The minimum Gasteiger partial charge on any atom is -0.489 e. The molecule has 1 N–H and O–H groups in total. The van der Waals surface area contributed by atoms with Crippen LogP contribution < -0.4 is 10.1 Å². The third kappa shape index (κ3) is 5.15. The predicted octanol–water partition coefficient (Wildman–Crippen LogP) is 2.64. The first kappa shape index (κ1) is 25.6. The van der Waals surface area contributed by atoms with Gasteiger partial charge in [0.25, 0.3) is 5.91 Å². The van der Waals surface area contributed by atoms with Crippen molar-refractivity contribution in [3.8, 4) is 5.75 Å². The number of amides is 4. The van der Waals surface area contributed by atoms with Crippen molar-refractivity contribution in [3.05, 3.63) is 64.7 Å². The third-order valence-corrected chi connectivity index (χ3v) is 8.50. The summed E-state index contributed by atoms with van der Waals surface area (Å²) in [6, 6.07) is 13.4. The van der Waals surface area contributed by atoms with Gasteiger partial charge in [-0.25, -0.2) is 0 Å². The molecule has 4 amide bonds. The van der Waals surface area contributed by atoms with E-state index in [4.69, 9.17) is 4.74 Å². The van der Waals surface area contributed by atoms with Gasteiger partial charge in [-0.05, 0) is 49.4 Å². The summed E-state index contributed by atoms with van der Waals surface area (Å²) in [6.45, 7) is 6.23. The van der Waals surface area contributed by atoms with Crippen molar-refractivity contribution in [2.24, 2.45) is 5.92 Å². The number of nitrogens with one attached hydrogen (secondary N) is 1. The van der Waals surface area contributed by atoms with Gasteiger partial charge in [-0.3, -0.25) is 29.4 Å². The fraction of sp³-hybridized carbons (Fsp3) is 0.467.